The maximum atomic E-state index is 11.6. The third-order valence-corrected chi connectivity index (χ3v) is 4.13. The van der Waals surface area contributed by atoms with Gasteiger partial charge in [0.1, 0.15) is 13.2 Å². The molecule has 0 aliphatic carbocycles. The molecule has 196 valence electrons. The molecular formula is C24H26CaO12. The summed E-state index contributed by atoms with van der Waals surface area (Å²) in [5.74, 6) is -4.36. The zero-order valence-corrected chi connectivity index (χ0v) is 22.2. The van der Waals surface area contributed by atoms with Gasteiger partial charge >= 0.3 is 49.7 Å². The van der Waals surface area contributed by atoms with Gasteiger partial charge in [-0.2, -0.15) is 0 Å². The second kappa shape index (κ2) is 20.5. The van der Waals surface area contributed by atoms with Gasteiger partial charge in [-0.15, -0.1) is 0 Å². The summed E-state index contributed by atoms with van der Waals surface area (Å²) in [5.41, 5.74) is -0.531. The Labute approximate surface area is 242 Å². The number of esters is 2. The predicted molar refractivity (Wildman–Crippen MR) is 124 cm³/mol. The van der Waals surface area contributed by atoms with Gasteiger partial charge < -0.3 is 49.0 Å². The van der Waals surface area contributed by atoms with Crippen molar-refractivity contribution in [2.24, 2.45) is 0 Å². The number of aromatic carboxylic acids is 2. The second-order valence-electron chi connectivity index (χ2n) is 6.61. The predicted octanol–water partition coefficient (Wildman–Crippen LogP) is -1.95. The Balaban J connectivity index is 0.000000682. The van der Waals surface area contributed by atoms with Crippen LogP contribution in [0, 0.1) is 0 Å². The van der Waals surface area contributed by atoms with E-state index < -0.39 is 23.9 Å². The van der Waals surface area contributed by atoms with Crippen molar-refractivity contribution in [3.05, 3.63) is 70.8 Å². The molecule has 0 atom stereocenters. The average Bonchev–Trinajstić information content (AvgIpc) is 2.88. The molecule has 2 aromatic rings. The first kappa shape index (κ1) is 34.4. The smallest absolute Gasteiger partial charge is 0.545 e. The summed E-state index contributed by atoms with van der Waals surface area (Å²) in [6, 6.07) is 11.3. The fourth-order valence-electron chi connectivity index (χ4n) is 2.55. The van der Waals surface area contributed by atoms with Gasteiger partial charge in [0.05, 0.1) is 62.7 Å². The van der Waals surface area contributed by atoms with Crippen LogP contribution in [-0.4, -0.2) is 125 Å². The van der Waals surface area contributed by atoms with Crippen LogP contribution >= 0.6 is 0 Å². The molecule has 0 aromatic heterocycles. The number of carboxylic acids is 2. The van der Waals surface area contributed by atoms with E-state index in [0.717, 1.165) is 0 Å². The Bertz CT molecular complexity index is 916. The standard InChI is InChI=1S/2C12H14O6.Ca/c2*13-5-6-17-7-8-18-12(16)10-4-2-1-3-9(10)11(14)15;/h2*1-4,13H,5-8H2,(H,14,15);/q;;+2/p-2. The van der Waals surface area contributed by atoms with Gasteiger partial charge in [0.2, 0.25) is 0 Å². The van der Waals surface area contributed by atoms with E-state index in [2.05, 4.69) is 0 Å². The van der Waals surface area contributed by atoms with Gasteiger partial charge in [-0.25, -0.2) is 9.59 Å². The normalized spacial score (nSPS) is 9.78. The molecule has 13 heteroatoms. The summed E-state index contributed by atoms with van der Waals surface area (Å²) in [5, 5.41) is 38.4. The van der Waals surface area contributed by atoms with Gasteiger partial charge in [0.25, 0.3) is 0 Å². The largest absolute Gasteiger partial charge is 2.00 e. The summed E-state index contributed by atoms with van der Waals surface area (Å²) in [7, 11) is 0. The number of benzene rings is 2. The number of aliphatic hydroxyl groups excluding tert-OH is 2. The molecule has 0 amide bonds. The van der Waals surface area contributed by atoms with Gasteiger partial charge in [-0.3, -0.25) is 0 Å². The van der Waals surface area contributed by atoms with E-state index in [0.29, 0.717) is 0 Å². The first-order valence-electron chi connectivity index (χ1n) is 10.7. The Morgan fingerprint density at radius 1 is 0.568 bits per heavy atom. The van der Waals surface area contributed by atoms with Gasteiger partial charge in [-0.05, 0) is 12.1 Å². The molecule has 2 N–H and O–H groups in total. The molecular weight excluding hydrogens is 520 g/mol. The molecule has 0 aliphatic rings. The Morgan fingerprint density at radius 3 is 1.19 bits per heavy atom. The van der Waals surface area contributed by atoms with Crippen LogP contribution < -0.4 is 10.2 Å². The van der Waals surface area contributed by atoms with Crippen molar-refractivity contribution in [2.75, 3.05) is 52.9 Å². The zero-order chi connectivity index (χ0) is 26.8. The van der Waals surface area contributed by atoms with Crippen molar-refractivity contribution in [1.29, 1.82) is 0 Å². The van der Waals surface area contributed by atoms with E-state index in [-0.39, 0.29) is 113 Å². The van der Waals surface area contributed by atoms with Crippen molar-refractivity contribution in [3.8, 4) is 0 Å². The van der Waals surface area contributed by atoms with E-state index in [1.54, 1.807) is 0 Å². The minimum Gasteiger partial charge on any atom is -0.545 e. The summed E-state index contributed by atoms with van der Waals surface area (Å²) in [4.78, 5) is 44.7. The van der Waals surface area contributed by atoms with Crippen LogP contribution in [-0.2, 0) is 18.9 Å². The zero-order valence-electron chi connectivity index (χ0n) is 20.0. The number of carbonyl (C=O) groups excluding carboxylic acids is 4. The maximum absolute atomic E-state index is 11.6. The van der Waals surface area contributed by atoms with E-state index in [1.165, 1.54) is 48.5 Å². The fourth-order valence-corrected chi connectivity index (χ4v) is 2.55. The number of hydrogen-bond acceptors (Lipinski definition) is 12. The number of carbonyl (C=O) groups is 4. The average molecular weight is 547 g/mol. The Hall–Kier alpha value is -2.58. The Morgan fingerprint density at radius 2 is 0.892 bits per heavy atom. The molecule has 0 aliphatic heterocycles. The number of hydrogen-bond donors (Lipinski definition) is 2. The van der Waals surface area contributed by atoms with Gasteiger partial charge in [-0.1, -0.05) is 36.4 Å². The molecule has 0 fully saturated rings. The van der Waals surface area contributed by atoms with Crippen LogP contribution in [0.4, 0.5) is 0 Å². The minimum absolute atomic E-state index is 0. The molecule has 0 unspecified atom stereocenters. The molecule has 0 heterocycles. The first-order chi connectivity index (χ1) is 17.3. The van der Waals surface area contributed by atoms with Crippen molar-refractivity contribution >= 4 is 61.6 Å². The summed E-state index contributed by atoms with van der Waals surface area (Å²) < 4.78 is 19.4. The van der Waals surface area contributed by atoms with E-state index in [9.17, 15) is 29.4 Å². The molecule has 0 saturated heterocycles. The van der Waals surface area contributed by atoms with Crippen LogP contribution in [0.2, 0.25) is 0 Å². The fraction of sp³-hybridized carbons (Fsp3) is 0.333. The Kier molecular flexibility index (Phi) is 19.0. The number of aliphatic hydroxyl groups is 2. The maximum Gasteiger partial charge on any atom is 2.00 e. The van der Waals surface area contributed by atoms with Gasteiger partial charge in [0, 0.05) is 11.1 Å². The summed E-state index contributed by atoms with van der Waals surface area (Å²) >= 11 is 0. The van der Waals surface area contributed by atoms with Crippen LogP contribution in [0.1, 0.15) is 41.4 Å². The van der Waals surface area contributed by atoms with Crippen LogP contribution in [0.15, 0.2) is 48.5 Å². The quantitative estimate of drug-likeness (QED) is 0.151. The topological polar surface area (TPSA) is 192 Å². The minimum atomic E-state index is -1.43. The molecule has 37 heavy (non-hydrogen) atoms. The van der Waals surface area contributed by atoms with Crippen LogP contribution in [0.25, 0.3) is 0 Å². The molecule has 0 radical (unpaired) electrons. The van der Waals surface area contributed by atoms with Crippen molar-refractivity contribution in [2.45, 2.75) is 0 Å². The van der Waals surface area contributed by atoms with Crippen molar-refractivity contribution < 1.29 is 58.6 Å². The van der Waals surface area contributed by atoms with E-state index in [1.807, 2.05) is 0 Å². The first-order valence-corrected chi connectivity index (χ1v) is 10.7. The molecule has 2 aromatic carbocycles. The van der Waals surface area contributed by atoms with Crippen LogP contribution in [0.3, 0.4) is 0 Å². The molecule has 12 nitrogen and oxygen atoms in total. The molecule has 2 rings (SSSR count). The molecule has 0 saturated carbocycles. The van der Waals surface area contributed by atoms with Crippen LogP contribution in [0.5, 0.6) is 0 Å². The van der Waals surface area contributed by atoms with Crippen molar-refractivity contribution in [1.82, 2.24) is 0 Å². The van der Waals surface area contributed by atoms with Gasteiger partial charge in [0.15, 0.2) is 0 Å². The monoisotopic (exact) mass is 546 g/mol. The summed E-state index contributed by atoms with van der Waals surface area (Å²) in [6.07, 6.45) is 0. The SMILES string of the molecule is O=C([O-])c1ccccc1C(=O)OCCOCCO.O=C([O-])c1ccccc1C(=O)OCCOCCO.[Ca+2]. The van der Waals surface area contributed by atoms with Crippen molar-refractivity contribution in [3.63, 3.8) is 0 Å². The number of ether oxygens (including phenoxy) is 4. The van der Waals surface area contributed by atoms with E-state index >= 15 is 0 Å². The number of rotatable bonds is 14. The summed E-state index contributed by atoms with van der Waals surface area (Å²) in [6.45, 7) is 0.350. The molecule has 0 spiro atoms. The van der Waals surface area contributed by atoms with E-state index in [4.69, 9.17) is 29.2 Å². The third kappa shape index (κ3) is 13.5. The molecule has 0 bridgehead atoms. The second-order valence-corrected chi connectivity index (χ2v) is 6.61. The third-order valence-electron chi connectivity index (χ3n) is 4.13. The number of carboxylic acid groups (broad SMARTS) is 2.